The molecule has 0 spiro atoms. The predicted molar refractivity (Wildman–Crippen MR) is 143 cm³/mol. The van der Waals surface area contributed by atoms with Gasteiger partial charge in [0.2, 0.25) is 0 Å². The van der Waals surface area contributed by atoms with Crippen molar-refractivity contribution >= 4 is 17.9 Å². The largest absolute Gasteiger partial charge is 0.462 e. The Bertz CT molecular complexity index is 913. The molecule has 0 aromatic heterocycles. The molecule has 6 heteroatoms. The van der Waals surface area contributed by atoms with E-state index in [0.717, 1.165) is 19.3 Å². The van der Waals surface area contributed by atoms with E-state index in [2.05, 4.69) is 32.1 Å². The first-order valence-electron chi connectivity index (χ1n) is 14.3. The highest BCUT2D eigenvalue weighted by Crippen LogP contribution is 2.45. The van der Waals surface area contributed by atoms with Crippen LogP contribution in [-0.4, -0.2) is 36.2 Å². The van der Waals surface area contributed by atoms with Crippen LogP contribution in [0.15, 0.2) is 23.8 Å². The van der Waals surface area contributed by atoms with Crippen molar-refractivity contribution in [3.63, 3.8) is 0 Å². The Morgan fingerprint density at radius 2 is 1.59 bits per heavy atom. The molecule has 0 aromatic carbocycles. The number of hydrogen-bond acceptors (Lipinski definition) is 6. The van der Waals surface area contributed by atoms with E-state index >= 15 is 0 Å². The fraction of sp³-hybridized carbons (Fsp3) is 0.774. The number of ether oxygens (including phenoxy) is 3. The Balaban J connectivity index is 1.71. The molecule has 1 heterocycles. The van der Waals surface area contributed by atoms with Gasteiger partial charge >= 0.3 is 17.9 Å². The highest BCUT2D eigenvalue weighted by Gasteiger charge is 2.43. The van der Waals surface area contributed by atoms with Crippen molar-refractivity contribution in [1.29, 1.82) is 0 Å². The molecule has 208 valence electrons. The molecule has 0 radical (unpaired) electrons. The number of allylic oxidation sites excluding steroid dienone is 3. The van der Waals surface area contributed by atoms with Crippen molar-refractivity contribution < 1.29 is 28.6 Å². The first kappa shape index (κ1) is 29.4. The predicted octanol–water partition coefficient (Wildman–Crippen LogP) is 6.57. The molecular weight excluding hydrogens is 468 g/mol. The normalized spacial score (nSPS) is 32.2. The second-order valence-corrected chi connectivity index (χ2v) is 12.9. The molecule has 1 fully saturated rings. The Labute approximate surface area is 223 Å². The second kappa shape index (κ2) is 11.7. The second-order valence-electron chi connectivity index (χ2n) is 12.9. The summed E-state index contributed by atoms with van der Waals surface area (Å²) >= 11 is 0. The maximum atomic E-state index is 13.0. The van der Waals surface area contributed by atoms with Gasteiger partial charge in [-0.05, 0) is 83.1 Å². The Morgan fingerprint density at radius 1 is 0.973 bits per heavy atom. The number of esters is 3. The molecule has 0 amide bonds. The summed E-state index contributed by atoms with van der Waals surface area (Å²) in [4.78, 5) is 38.0. The van der Waals surface area contributed by atoms with Gasteiger partial charge in [0.1, 0.15) is 18.3 Å². The molecule has 6 nitrogen and oxygen atoms in total. The summed E-state index contributed by atoms with van der Waals surface area (Å²) in [5, 5.41) is 0. The molecule has 0 aromatic rings. The summed E-state index contributed by atoms with van der Waals surface area (Å²) in [6, 6.07) is 0. The van der Waals surface area contributed by atoms with Crippen LogP contribution in [0.2, 0.25) is 0 Å². The van der Waals surface area contributed by atoms with E-state index in [1.807, 2.05) is 41.5 Å². The maximum Gasteiger partial charge on any atom is 0.311 e. The van der Waals surface area contributed by atoms with Crippen molar-refractivity contribution in [2.45, 2.75) is 119 Å². The summed E-state index contributed by atoms with van der Waals surface area (Å²) in [5.41, 5.74) is 0.175. The first-order valence-corrected chi connectivity index (χ1v) is 14.3. The zero-order chi connectivity index (χ0) is 27.5. The smallest absolute Gasteiger partial charge is 0.311 e. The van der Waals surface area contributed by atoms with Gasteiger partial charge in [-0.1, -0.05) is 45.9 Å². The third-order valence-corrected chi connectivity index (χ3v) is 9.04. The lowest BCUT2D eigenvalue weighted by atomic mass is 9.65. The first-order chi connectivity index (χ1) is 17.3. The molecule has 1 aliphatic heterocycles. The van der Waals surface area contributed by atoms with Crippen molar-refractivity contribution in [3.8, 4) is 0 Å². The van der Waals surface area contributed by atoms with E-state index in [1.54, 1.807) is 0 Å². The minimum atomic E-state index is -0.569. The minimum absolute atomic E-state index is 0.114. The van der Waals surface area contributed by atoms with Crippen LogP contribution in [0.5, 0.6) is 0 Å². The van der Waals surface area contributed by atoms with Crippen molar-refractivity contribution in [1.82, 2.24) is 0 Å². The van der Waals surface area contributed by atoms with Gasteiger partial charge < -0.3 is 14.2 Å². The van der Waals surface area contributed by atoms with Gasteiger partial charge in [-0.2, -0.15) is 0 Å². The summed E-state index contributed by atoms with van der Waals surface area (Å²) in [7, 11) is 0. The van der Waals surface area contributed by atoms with Gasteiger partial charge in [-0.25, -0.2) is 0 Å². The van der Waals surface area contributed by atoms with Crippen LogP contribution < -0.4 is 0 Å². The van der Waals surface area contributed by atoms with Crippen LogP contribution in [0.25, 0.3) is 0 Å². The van der Waals surface area contributed by atoms with E-state index < -0.39 is 16.9 Å². The Morgan fingerprint density at radius 3 is 2.22 bits per heavy atom. The molecule has 37 heavy (non-hydrogen) atoms. The summed E-state index contributed by atoms with van der Waals surface area (Å²) < 4.78 is 17.7. The molecule has 1 saturated heterocycles. The van der Waals surface area contributed by atoms with Crippen LogP contribution in [0.3, 0.4) is 0 Å². The van der Waals surface area contributed by atoms with E-state index in [-0.39, 0.29) is 48.4 Å². The quantitative estimate of drug-likeness (QED) is 0.255. The summed E-state index contributed by atoms with van der Waals surface area (Å²) in [6.07, 6.45) is 10.3. The van der Waals surface area contributed by atoms with E-state index in [0.29, 0.717) is 31.1 Å². The molecular formula is C31H48O6. The van der Waals surface area contributed by atoms with E-state index in [4.69, 9.17) is 14.2 Å². The van der Waals surface area contributed by atoms with Crippen LogP contribution in [0.1, 0.15) is 100 Å². The highest BCUT2D eigenvalue weighted by atomic mass is 16.6. The molecule has 0 saturated carbocycles. The SMILES string of the molecule is CCC(C)(C)C(=O)O[C@H]1CC(=O)OC(CC[C@@H]2C3C(=C[C@H](C)C[C@@H]3OC(=O)C(C)(C)CC)C=C[C@@H]2C)C1. The monoisotopic (exact) mass is 516 g/mol. The lowest BCUT2D eigenvalue weighted by molar-refractivity contribution is -0.175. The molecule has 3 aliphatic rings. The minimum Gasteiger partial charge on any atom is -0.462 e. The van der Waals surface area contributed by atoms with Crippen LogP contribution >= 0.6 is 0 Å². The van der Waals surface area contributed by atoms with Crippen LogP contribution in [0.4, 0.5) is 0 Å². The average Bonchev–Trinajstić information content (AvgIpc) is 2.83. The number of fused-ring (bicyclic) bond motifs is 1. The molecule has 7 atom stereocenters. The van der Waals surface area contributed by atoms with Gasteiger partial charge in [0, 0.05) is 12.3 Å². The third kappa shape index (κ3) is 7.06. The molecule has 3 rings (SSSR count). The highest BCUT2D eigenvalue weighted by molar-refractivity contribution is 5.77. The van der Waals surface area contributed by atoms with Crippen LogP contribution in [0, 0.1) is 34.5 Å². The number of carbonyl (C=O) groups excluding carboxylic acids is 3. The maximum absolute atomic E-state index is 13.0. The van der Waals surface area contributed by atoms with E-state index in [9.17, 15) is 14.4 Å². The molecule has 2 unspecified atom stereocenters. The fourth-order valence-corrected chi connectivity index (χ4v) is 5.61. The van der Waals surface area contributed by atoms with Gasteiger partial charge in [0.15, 0.2) is 0 Å². The fourth-order valence-electron chi connectivity index (χ4n) is 5.61. The molecule has 0 bridgehead atoms. The zero-order valence-electron chi connectivity index (χ0n) is 24.2. The van der Waals surface area contributed by atoms with Crippen LogP contribution in [-0.2, 0) is 28.6 Å². The summed E-state index contributed by atoms with van der Waals surface area (Å²) in [6.45, 7) is 16.0. The number of carbonyl (C=O) groups is 3. The lowest BCUT2D eigenvalue weighted by Crippen LogP contribution is -2.43. The van der Waals surface area contributed by atoms with Gasteiger partial charge in [-0.3, -0.25) is 14.4 Å². The van der Waals surface area contributed by atoms with Crippen molar-refractivity contribution in [3.05, 3.63) is 23.8 Å². The Hall–Kier alpha value is -2.11. The van der Waals surface area contributed by atoms with Gasteiger partial charge in [-0.15, -0.1) is 0 Å². The lowest BCUT2D eigenvalue weighted by Gasteiger charge is -2.44. The van der Waals surface area contributed by atoms with Crippen molar-refractivity contribution in [2.24, 2.45) is 34.5 Å². The zero-order valence-corrected chi connectivity index (χ0v) is 24.2. The third-order valence-electron chi connectivity index (χ3n) is 9.04. The van der Waals surface area contributed by atoms with E-state index in [1.165, 1.54) is 5.57 Å². The summed E-state index contributed by atoms with van der Waals surface area (Å²) in [5.74, 6) is 0.364. The average molecular weight is 517 g/mol. The number of cyclic esters (lactones) is 1. The molecule has 2 aliphatic carbocycles. The van der Waals surface area contributed by atoms with Crippen molar-refractivity contribution in [2.75, 3.05) is 0 Å². The standard InChI is InChI=1S/C31H48O6/c1-9-30(5,6)28(33)36-23-17-22(35-26(32)18-23)13-14-24-20(4)11-12-21-15-19(3)16-25(27(21)24)37-29(34)31(7,8)10-2/h11-12,15,19-20,22-25,27H,9-10,13-14,16-18H2,1-8H3/t19-,20-,22?,23+,24-,25-,27?/m0/s1. The number of rotatable bonds is 9. The van der Waals surface area contributed by atoms with Gasteiger partial charge in [0.05, 0.1) is 17.3 Å². The Kier molecular flexibility index (Phi) is 9.34. The number of hydrogen-bond donors (Lipinski definition) is 0. The topological polar surface area (TPSA) is 78.9 Å². The van der Waals surface area contributed by atoms with Gasteiger partial charge in [0.25, 0.3) is 0 Å². The molecule has 0 N–H and O–H groups in total.